The highest BCUT2D eigenvalue weighted by atomic mass is 16.3. The van der Waals surface area contributed by atoms with Gasteiger partial charge in [-0.15, -0.1) is 0 Å². The van der Waals surface area contributed by atoms with Crippen LogP contribution in [0.5, 0.6) is 0 Å². The number of rotatable bonds is 3. The molecule has 1 rings (SSSR count). The van der Waals surface area contributed by atoms with E-state index in [1.165, 1.54) is 0 Å². The van der Waals surface area contributed by atoms with E-state index in [1.807, 2.05) is 6.92 Å². The van der Waals surface area contributed by atoms with E-state index in [2.05, 4.69) is 13.8 Å². The molecular formula is C9H16O2. The van der Waals surface area contributed by atoms with Gasteiger partial charge in [0.15, 0.2) is 0 Å². The Labute approximate surface area is 67.6 Å². The van der Waals surface area contributed by atoms with E-state index in [1.54, 1.807) is 0 Å². The summed E-state index contributed by atoms with van der Waals surface area (Å²) in [5.74, 6) is 0.106. The molecule has 11 heavy (non-hydrogen) atoms. The van der Waals surface area contributed by atoms with Crippen molar-refractivity contribution in [3.05, 3.63) is 0 Å². The molecule has 0 radical (unpaired) electrons. The summed E-state index contributed by atoms with van der Waals surface area (Å²) < 4.78 is 0. The van der Waals surface area contributed by atoms with Crippen molar-refractivity contribution in [2.75, 3.05) is 6.61 Å². The first-order valence-electron chi connectivity index (χ1n) is 4.07. The SMILES string of the molecule is CC(CO)C1(C=O)CC1(C)C. The molecule has 1 fully saturated rings. The Kier molecular flexibility index (Phi) is 1.83. The molecule has 1 aliphatic carbocycles. The standard InChI is InChI=1S/C9H16O2/c1-7(4-10)9(6-11)5-8(9,2)3/h6-7,10H,4-5H2,1-3H3. The van der Waals surface area contributed by atoms with Gasteiger partial charge in [-0.1, -0.05) is 20.8 Å². The molecule has 2 unspecified atom stereocenters. The summed E-state index contributed by atoms with van der Waals surface area (Å²) in [6, 6.07) is 0. The van der Waals surface area contributed by atoms with Crippen LogP contribution in [0.2, 0.25) is 0 Å². The first-order valence-corrected chi connectivity index (χ1v) is 4.07. The van der Waals surface area contributed by atoms with Gasteiger partial charge in [0.25, 0.3) is 0 Å². The molecule has 64 valence electrons. The monoisotopic (exact) mass is 156 g/mol. The molecule has 0 aromatic heterocycles. The summed E-state index contributed by atoms with van der Waals surface area (Å²) in [5.41, 5.74) is -0.126. The van der Waals surface area contributed by atoms with Crippen LogP contribution in [0.1, 0.15) is 27.2 Å². The maximum Gasteiger partial charge on any atom is 0.127 e. The Hall–Kier alpha value is -0.370. The Morgan fingerprint density at radius 1 is 1.64 bits per heavy atom. The van der Waals surface area contributed by atoms with Crippen LogP contribution in [0.25, 0.3) is 0 Å². The van der Waals surface area contributed by atoms with Gasteiger partial charge in [0.1, 0.15) is 6.29 Å². The zero-order chi connectivity index (χ0) is 8.70. The number of carbonyl (C=O) groups excluding carboxylic acids is 1. The van der Waals surface area contributed by atoms with Crippen molar-refractivity contribution in [3.8, 4) is 0 Å². The molecule has 0 bridgehead atoms. The highest BCUT2D eigenvalue weighted by molar-refractivity contribution is 5.67. The van der Waals surface area contributed by atoms with E-state index in [4.69, 9.17) is 5.11 Å². The fourth-order valence-corrected chi connectivity index (χ4v) is 2.01. The summed E-state index contributed by atoms with van der Waals surface area (Å²) in [4.78, 5) is 10.8. The lowest BCUT2D eigenvalue weighted by Crippen LogP contribution is -2.23. The molecule has 1 N–H and O–H groups in total. The molecule has 1 aliphatic rings. The molecule has 0 aromatic rings. The summed E-state index contributed by atoms with van der Waals surface area (Å²) in [5, 5.41) is 8.91. The van der Waals surface area contributed by atoms with Crippen LogP contribution >= 0.6 is 0 Å². The van der Waals surface area contributed by atoms with Crippen molar-refractivity contribution in [2.24, 2.45) is 16.7 Å². The van der Waals surface area contributed by atoms with Crippen LogP contribution in [0.4, 0.5) is 0 Å². The summed E-state index contributed by atoms with van der Waals surface area (Å²) >= 11 is 0. The fraction of sp³-hybridized carbons (Fsp3) is 0.889. The van der Waals surface area contributed by atoms with Gasteiger partial charge < -0.3 is 9.90 Å². The average molecular weight is 156 g/mol. The minimum atomic E-state index is -0.234. The van der Waals surface area contributed by atoms with Gasteiger partial charge in [-0.25, -0.2) is 0 Å². The maximum atomic E-state index is 10.8. The maximum absolute atomic E-state index is 10.8. The van der Waals surface area contributed by atoms with Crippen LogP contribution < -0.4 is 0 Å². The van der Waals surface area contributed by atoms with Crippen molar-refractivity contribution >= 4 is 6.29 Å². The van der Waals surface area contributed by atoms with Crippen LogP contribution in [-0.4, -0.2) is 18.0 Å². The van der Waals surface area contributed by atoms with Gasteiger partial charge in [0, 0.05) is 12.0 Å². The second kappa shape index (κ2) is 2.31. The van der Waals surface area contributed by atoms with Crippen LogP contribution in [0.3, 0.4) is 0 Å². The molecule has 0 aromatic carbocycles. The fourth-order valence-electron chi connectivity index (χ4n) is 2.01. The summed E-state index contributed by atoms with van der Waals surface area (Å²) in [6.45, 7) is 6.20. The predicted octanol–water partition coefficient (Wildman–Crippen LogP) is 1.23. The third kappa shape index (κ3) is 1.00. The van der Waals surface area contributed by atoms with E-state index >= 15 is 0 Å². The Morgan fingerprint density at radius 2 is 2.09 bits per heavy atom. The van der Waals surface area contributed by atoms with Gasteiger partial charge >= 0.3 is 0 Å². The number of aliphatic hydroxyl groups is 1. The van der Waals surface area contributed by atoms with Gasteiger partial charge in [-0.05, 0) is 17.8 Å². The van der Waals surface area contributed by atoms with Crippen molar-refractivity contribution in [3.63, 3.8) is 0 Å². The number of aliphatic hydroxyl groups excluding tert-OH is 1. The minimum absolute atomic E-state index is 0.106. The Balaban J connectivity index is 2.74. The molecule has 0 heterocycles. The first kappa shape index (κ1) is 8.72. The smallest absolute Gasteiger partial charge is 0.127 e. The molecule has 1 saturated carbocycles. The Morgan fingerprint density at radius 3 is 2.18 bits per heavy atom. The van der Waals surface area contributed by atoms with E-state index in [0.717, 1.165) is 12.7 Å². The average Bonchev–Trinajstić information content (AvgIpc) is 2.53. The van der Waals surface area contributed by atoms with Crippen molar-refractivity contribution in [1.29, 1.82) is 0 Å². The molecule has 2 atom stereocenters. The lowest BCUT2D eigenvalue weighted by atomic mass is 9.85. The van der Waals surface area contributed by atoms with Gasteiger partial charge in [-0.3, -0.25) is 0 Å². The second-order valence-corrected chi connectivity index (χ2v) is 4.30. The third-order valence-corrected chi connectivity index (χ3v) is 3.23. The molecule has 0 amide bonds. The molecule has 2 heteroatoms. The zero-order valence-corrected chi connectivity index (χ0v) is 7.42. The molecule has 0 spiro atoms. The topological polar surface area (TPSA) is 37.3 Å². The van der Waals surface area contributed by atoms with E-state index in [9.17, 15) is 4.79 Å². The lowest BCUT2D eigenvalue weighted by Gasteiger charge is -2.19. The normalized spacial score (nSPS) is 36.4. The van der Waals surface area contributed by atoms with Crippen molar-refractivity contribution < 1.29 is 9.90 Å². The van der Waals surface area contributed by atoms with Gasteiger partial charge in [0.2, 0.25) is 0 Å². The van der Waals surface area contributed by atoms with Gasteiger partial charge in [0.05, 0.1) is 0 Å². The molecule has 0 saturated heterocycles. The van der Waals surface area contributed by atoms with E-state index in [-0.39, 0.29) is 23.4 Å². The Bertz CT molecular complexity index is 174. The largest absolute Gasteiger partial charge is 0.396 e. The highest BCUT2D eigenvalue weighted by Crippen LogP contribution is 2.65. The number of hydrogen-bond acceptors (Lipinski definition) is 2. The third-order valence-electron chi connectivity index (χ3n) is 3.23. The molecule has 0 aliphatic heterocycles. The number of hydrogen-bond donors (Lipinski definition) is 1. The molecular weight excluding hydrogens is 140 g/mol. The van der Waals surface area contributed by atoms with Crippen molar-refractivity contribution in [2.45, 2.75) is 27.2 Å². The summed E-state index contributed by atoms with van der Waals surface area (Å²) in [7, 11) is 0. The van der Waals surface area contributed by atoms with Crippen molar-refractivity contribution in [1.82, 2.24) is 0 Å². The second-order valence-electron chi connectivity index (χ2n) is 4.30. The number of aldehydes is 1. The van der Waals surface area contributed by atoms with Crippen LogP contribution in [0.15, 0.2) is 0 Å². The minimum Gasteiger partial charge on any atom is -0.396 e. The van der Waals surface area contributed by atoms with E-state index < -0.39 is 0 Å². The van der Waals surface area contributed by atoms with Crippen LogP contribution in [0, 0.1) is 16.7 Å². The first-order chi connectivity index (χ1) is 5.00. The highest BCUT2D eigenvalue weighted by Gasteiger charge is 2.63. The zero-order valence-electron chi connectivity index (χ0n) is 7.42. The van der Waals surface area contributed by atoms with Gasteiger partial charge in [-0.2, -0.15) is 0 Å². The lowest BCUT2D eigenvalue weighted by molar-refractivity contribution is -0.115. The van der Waals surface area contributed by atoms with E-state index in [0.29, 0.717) is 0 Å². The quantitative estimate of drug-likeness (QED) is 0.624. The van der Waals surface area contributed by atoms with Crippen LogP contribution in [-0.2, 0) is 4.79 Å². The predicted molar refractivity (Wildman–Crippen MR) is 43.1 cm³/mol. The number of carbonyl (C=O) groups is 1. The summed E-state index contributed by atoms with van der Waals surface area (Å²) in [6.07, 6.45) is 1.94. The molecule has 2 nitrogen and oxygen atoms in total.